The summed E-state index contributed by atoms with van der Waals surface area (Å²) in [6.45, 7) is 0.903. The maximum Gasteiger partial charge on any atom is 0.326 e. The molecule has 1 aromatic carbocycles. The summed E-state index contributed by atoms with van der Waals surface area (Å²) in [4.78, 5) is 58.2. The van der Waals surface area contributed by atoms with Gasteiger partial charge >= 0.3 is 11.9 Å². The van der Waals surface area contributed by atoms with Gasteiger partial charge in [-0.15, -0.1) is 0 Å². The Morgan fingerprint density at radius 2 is 1.53 bits per heavy atom. The first-order valence-electron chi connectivity index (χ1n) is 8.86. The number of hydrogen-bond acceptors (Lipinski definition) is 7. The zero-order valence-electron chi connectivity index (χ0n) is 16.1. The molecule has 0 aliphatic carbocycles. The van der Waals surface area contributed by atoms with Crippen molar-refractivity contribution < 1.29 is 39.3 Å². The molecule has 0 aromatic heterocycles. The molecule has 30 heavy (non-hydrogen) atoms. The minimum absolute atomic E-state index is 0.0189. The number of nitrogens with two attached hydrogens (primary N) is 1. The van der Waals surface area contributed by atoms with Gasteiger partial charge in [-0.2, -0.15) is 0 Å². The molecule has 3 amide bonds. The highest BCUT2D eigenvalue weighted by Crippen LogP contribution is 2.11. The van der Waals surface area contributed by atoms with Crippen molar-refractivity contribution in [2.45, 2.75) is 37.9 Å². The number of rotatable bonds is 11. The highest BCUT2D eigenvalue weighted by molar-refractivity contribution is 5.94. The Hall–Kier alpha value is -3.67. The Kier molecular flexibility index (Phi) is 9.23. The molecule has 0 saturated carbocycles. The number of carboxylic acids is 2. The topological polar surface area (TPSA) is 208 Å². The van der Waals surface area contributed by atoms with Gasteiger partial charge in [0.25, 0.3) is 0 Å². The smallest absolute Gasteiger partial charge is 0.326 e. The number of carboxylic acid groups (broad SMARTS) is 2. The molecule has 0 aliphatic heterocycles. The third-order valence-electron chi connectivity index (χ3n) is 3.96. The van der Waals surface area contributed by atoms with E-state index in [1.165, 1.54) is 19.1 Å². The fourth-order valence-electron chi connectivity index (χ4n) is 2.38. The number of phenols is 1. The quantitative estimate of drug-likeness (QED) is 0.208. The molecule has 8 N–H and O–H groups in total. The molecule has 12 heteroatoms. The summed E-state index contributed by atoms with van der Waals surface area (Å²) in [5.41, 5.74) is 5.87. The predicted molar refractivity (Wildman–Crippen MR) is 102 cm³/mol. The summed E-state index contributed by atoms with van der Waals surface area (Å²) in [5.74, 6) is -5.20. The first kappa shape index (κ1) is 24.4. The molecule has 0 fully saturated rings. The number of hydrogen-bond donors (Lipinski definition) is 7. The van der Waals surface area contributed by atoms with Crippen LogP contribution in [0.25, 0.3) is 0 Å². The van der Waals surface area contributed by atoms with Gasteiger partial charge < -0.3 is 37.0 Å². The Bertz CT molecular complexity index is 796. The van der Waals surface area contributed by atoms with E-state index in [1.807, 2.05) is 5.32 Å². The number of aromatic hydroxyl groups is 1. The Morgan fingerprint density at radius 1 is 0.933 bits per heavy atom. The lowest BCUT2D eigenvalue weighted by Crippen LogP contribution is -2.56. The molecule has 0 aliphatic rings. The van der Waals surface area contributed by atoms with E-state index in [2.05, 4.69) is 10.6 Å². The van der Waals surface area contributed by atoms with E-state index in [0.29, 0.717) is 5.56 Å². The van der Waals surface area contributed by atoms with Crippen LogP contribution >= 0.6 is 0 Å². The minimum Gasteiger partial charge on any atom is -0.508 e. The third kappa shape index (κ3) is 8.14. The first-order valence-corrected chi connectivity index (χ1v) is 8.86. The van der Waals surface area contributed by atoms with Crippen LogP contribution in [0.5, 0.6) is 5.75 Å². The fraction of sp³-hybridized carbons (Fsp3) is 0.389. The maximum absolute atomic E-state index is 12.6. The highest BCUT2D eigenvalue weighted by Gasteiger charge is 2.28. The van der Waals surface area contributed by atoms with E-state index < -0.39 is 54.2 Å². The van der Waals surface area contributed by atoms with Gasteiger partial charge in [-0.1, -0.05) is 12.1 Å². The van der Waals surface area contributed by atoms with Gasteiger partial charge in [0.15, 0.2) is 0 Å². The minimum atomic E-state index is -1.67. The Labute approximate surface area is 171 Å². The standard InChI is InChI=1S/C18H24N4O8/c1-9(16(27)22-13(18(29)30)7-15(25)26)20-17(28)12(21-14(24)8-19)6-10-2-4-11(23)5-3-10/h2-5,9,12-13,23H,6-8,19H2,1H3,(H,20,28)(H,21,24)(H,22,27)(H,25,26)(H,29,30). The SMILES string of the molecule is CC(NC(=O)C(Cc1ccc(O)cc1)NC(=O)CN)C(=O)NC(CC(=O)O)C(=O)O. The summed E-state index contributed by atoms with van der Waals surface area (Å²) in [6, 6.07) is 1.91. The molecule has 3 atom stereocenters. The van der Waals surface area contributed by atoms with E-state index >= 15 is 0 Å². The molecule has 0 heterocycles. The monoisotopic (exact) mass is 424 g/mol. The molecular weight excluding hydrogens is 400 g/mol. The van der Waals surface area contributed by atoms with Crippen molar-refractivity contribution in [2.24, 2.45) is 5.73 Å². The number of amides is 3. The van der Waals surface area contributed by atoms with Crippen LogP contribution in [0.1, 0.15) is 18.9 Å². The Morgan fingerprint density at radius 3 is 2.03 bits per heavy atom. The third-order valence-corrected chi connectivity index (χ3v) is 3.96. The molecule has 3 unspecified atom stereocenters. The highest BCUT2D eigenvalue weighted by atomic mass is 16.4. The van der Waals surface area contributed by atoms with Gasteiger partial charge in [0, 0.05) is 6.42 Å². The van der Waals surface area contributed by atoms with Crippen molar-refractivity contribution in [1.82, 2.24) is 16.0 Å². The predicted octanol–water partition coefficient (Wildman–Crippen LogP) is -2.07. The lowest BCUT2D eigenvalue weighted by Gasteiger charge is -2.22. The van der Waals surface area contributed by atoms with Gasteiger partial charge in [0.2, 0.25) is 17.7 Å². The Balaban J connectivity index is 2.83. The molecule has 1 rings (SSSR count). The molecule has 0 saturated heterocycles. The van der Waals surface area contributed by atoms with Crippen LogP contribution in [0.4, 0.5) is 0 Å². The lowest BCUT2D eigenvalue weighted by molar-refractivity contribution is -0.147. The summed E-state index contributed by atoms with van der Waals surface area (Å²) >= 11 is 0. The second kappa shape index (κ2) is 11.4. The van der Waals surface area contributed by atoms with Crippen molar-refractivity contribution in [3.63, 3.8) is 0 Å². The summed E-state index contributed by atoms with van der Waals surface area (Å²) < 4.78 is 0. The fourth-order valence-corrected chi connectivity index (χ4v) is 2.38. The largest absolute Gasteiger partial charge is 0.508 e. The van der Waals surface area contributed by atoms with Gasteiger partial charge in [-0.05, 0) is 24.6 Å². The number of nitrogens with one attached hydrogen (secondary N) is 3. The van der Waals surface area contributed by atoms with E-state index in [1.54, 1.807) is 12.1 Å². The molecule has 0 radical (unpaired) electrons. The number of phenolic OH excluding ortho intramolecular Hbond substituents is 1. The average molecular weight is 424 g/mol. The van der Waals surface area contributed by atoms with E-state index in [4.69, 9.17) is 15.9 Å². The zero-order valence-corrected chi connectivity index (χ0v) is 16.1. The van der Waals surface area contributed by atoms with Crippen LogP contribution in [0.15, 0.2) is 24.3 Å². The van der Waals surface area contributed by atoms with E-state index in [0.717, 1.165) is 0 Å². The van der Waals surface area contributed by atoms with Crippen LogP contribution in [0, 0.1) is 0 Å². The number of carbonyl (C=O) groups is 5. The van der Waals surface area contributed by atoms with Crippen molar-refractivity contribution in [3.8, 4) is 5.75 Å². The molecule has 1 aromatic rings. The van der Waals surface area contributed by atoms with E-state index in [-0.39, 0.29) is 18.7 Å². The first-order chi connectivity index (χ1) is 14.0. The second-order valence-corrected chi connectivity index (χ2v) is 6.42. The maximum atomic E-state index is 12.6. The van der Waals surface area contributed by atoms with Crippen molar-refractivity contribution in [3.05, 3.63) is 29.8 Å². The van der Waals surface area contributed by atoms with Crippen LogP contribution in [-0.2, 0) is 30.4 Å². The summed E-state index contributed by atoms with van der Waals surface area (Å²) in [6.07, 6.45) is -0.805. The van der Waals surface area contributed by atoms with Gasteiger partial charge in [-0.25, -0.2) is 4.79 Å². The van der Waals surface area contributed by atoms with Gasteiger partial charge in [0.1, 0.15) is 23.9 Å². The van der Waals surface area contributed by atoms with Crippen LogP contribution in [0.3, 0.4) is 0 Å². The van der Waals surface area contributed by atoms with Crippen molar-refractivity contribution in [2.75, 3.05) is 6.54 Å². The molecule has 12 nitrogen and oxygen atoms in total. The van der Waals surface area contributed by atoms with Gasteiger partial charge in [-0.3, -0.25) is 19.2 Å². The number of aliphatic carboxylic acids is 2. The molecule has 164 valence electrons. The average Bonchev–Trinajstić information content (AvgIpc) is 2.67. The van der Waals surface area contributed by atoms with Crippen molar-refractivity contribution >= 4 is 29.7 Å². The van der Waals surface area contributed by atoms with Crippen LogP contribution in [0.2, 0.25) is 0 Å². The van der Waals surface area contributed by atoms with Gasteiger partial charge in [0.05, 0.1) is 13.0 Å². The van der Waals surface area contributed by atoms with E-state index in [9.17, 15) is 29.1 Å². The number of benzene rings is 1. The molecular formula is C18H24N4O8. The summed E-state index contributed by atoms with van der Waals surface area (Å²) in [5, 5.41) is 33.8. The number of carbonyl (C=O) groups excluding carboxylic acids is 3. The lowest BCUT2D eigenvalue weighted by atomic mass is 10.0. The van der Waals surface area contributed by atoms with Crippen molar-refractivity contribution in [1.29, 1.82) is 0 Å². The summed E-state index contributed by atoms with van der Waals surface area (Å²) in [7, 11) is 0. The molecule has 0 spiro atoms. The molecule has 0 bridgehead atoms. The van der Waals surface area contributed by atoms with Crippen LogP contribution < -0.4 is 21.7 Å². The second-order valence-electron chi connectivity index (χ2n) is 6.42. The normalized spacial score (nSPS) is 13.4. The zero-order chi connectivity index (χ0) is 22.8. The van der Waals surface area contributed by atoms with Crippen LogP contribution in [-0.4, -0.2) is 69.7 Å².